The number of ether oxygens (including phenoxy) is 2. The Kier molecular flexibility index (Phi) is 4.24. The second kappa shape index (κ2) is 5.99. The van der Waals surface area contributed by atoms with Gasteiger partial charge in [-0.2, -0.15) is 0 Å². The lowest BCUT2D eigenvalue weighted by Crippen LogP contribution is -2.52. The van der Waals surface area contributed by atoms with Crippen molar-refractivity contribution in [2.45, 2.75) is 18.5 Å². The summed E-state index contributed by atoms with van der Waals surface area (Å²) >= 11 is 3.39. The zero-order valence-electron chi connectivity index (χ0n) is 13.8. The number of carbonyl (C=O) groups is 3. The van der Waals surface area contributed by atoms with Gasteiger partial charge in [0.2, 0.25) is 11.8 Å². The summed E-state index contributed by atoms with van der Waals surface area (Å²) in [4.78, 5) is 36.2. The van der Waals surface area contributed by atoms with E-state index < -0.39 is 41.2 Å². The monoisotopic (exact) mass is 412 g/mol. The summed E-state index contributed by atoms with van der Waals surface area (Å²) in [6, 6.07) is 2.73. The Hall–Kier alpha value is -2.13. The first-order chi connectivity index (χ1) is 11.7. The van der Waals surface area contributed by atoms with Crippen LogP contribution in [0.25, 0.3) is 0 Å². The quantitative estimate of drug-likeness (QED) is 0.627. The molecule has 2 aliphatic heterocycles. The number of carboxylic acids is 1. The molecule has 2 saturated heterocycles. The first kappa shape index (κ1) is 17.7. The van der Waals surface area contributed by atoms with E-state index in [1.807, 2.05) is 0 Å². The lowest BCUT2D eigenvalue weighted by Gasteiger charge is -2.25. The molecule has 1 aromatic rings. The van der Waals surface area contributed by atoms with E-state index in [4.69, 9.17) is 9.47 Å². The number of benzene rings is 1. The lowest BCUT2D eigenvalue weighted by molar-refractivity contribution is -0.148. The Bertz CT molecular complexity index is 782. The molecule has 8 nitrogen and oxygen atoms in total. The van der Waals surface area contributed by atoms with Crippen LogP contribution in [0.3, 0.4) is 0 Å². The molecule has 134 valence electrons. The van der Waals surface area contributed by atoms with Crippen molar-refractivity contribution in [2.24, 2.45) is 11.8 Å². The first-order valence-corrected chi connectivity index (χ1v) is 8.31. The third-order valence-corrected chi connectivity index (χ3v) is 5.48. The van der Waals surface area contributed by atoms with E-state index in [1.54, 1.807) is 12.1 Å². The molecule has 0 bridgehead atoms. The molecule has 3 rings (SSSR count). The standard InChI is InChI=1S/C16H17BrN2O6/c1-16(15(22)23)10-9(13(20)18-14(10)21)11(19-16)6-4-7(17)12(25-3)8(5-6)24-2/h4-5,9-11,19H,1-3H3,(H,22,23)(H,18,20,21). The van der Waals surface area contributed by atoms with Crippen LogP contribution >= 0.6 is 15.9 Å². The minimum Gasteiger partial charge on any atom is -0.493 e. The fourth-order valence-corrected chi connectivity index (χ4v) is 4.29. The summed E-state index contributed by atoms with van der Waals surface area (Å²) in [7, 11) is 2.98. The number of imide groups is 1. The molecule has 2 aliphatic rings. The molecule has 2 amide bonds. The summed E-state index contributed by atoms with van der Waals surface area (Å²) in [5, 5.41) is 14.8. The van der Waals surface area contributed by atoms with Crippen molar-refractivity contribution in [2.75, 3.05) is 14.2 Å². The van der Waals surface area contributed by atoms with Crippen LogP contribution < -0.4 is 20.1 Å². The summed E-state index contributed by atoms with van der Waals surface area (Å²) in [5.74, 6) is -3.15. The second-order valence-corrected chi connectivity index (χ2v) is 7.08. The van der Waals surface area contributed by atoms with E-state index in [-0.39, 0.29) is 0 Å². The number of aliphatic carboxylic acids is 1. The molecule has 1 aromatic carbocycles. The molecule has 2 heterocycles. The number of methoxy groups -OCH3 is 2. The third-order valence-electron chi connectivity index (χ3n) is 4.89. The number of carbonyl (C=O) groups excluding carboxylic acids is 2. The van der Waals surface area contributed by atoms with Gasteiger partial charge in [-0.1, -0.05) is 0 Å². The smallest absolute Gasteiger partial charge is 0.324 e. The zero-order valence-corrected chi connectivity index (χ0v) is 15.3. The maximum absolute atomic E-state index is 12.3. The molecule has 2 fully saturated rings. The number of hydrogen-bond donors (Lipinski definition) is 3. The second-order valence-electron chi connectivity index (χ2n) is 6.22. The average Bonchev–Trinajstić information content (AvgIpc) is 3.04. The van der Waals surface area contributed by atoms with Gasteiger partial charge in [-0.15, -0.1) is 0 Å². The molecular weight excluding hydrogens is 396 g/mol. The van der Waals surface area contributed by atoms with Crippen molar-refractivity contribution < 1.29 is 29.0 Å². The Morgan fingerprint density at radius 3 is 2.48 bits per heavy atom. The predicted molar refractivity (Wildman–Crippen MR) is 89.3 cm³/mol. The van der Waals surface area contributed by atoms with Gasteiger partial charge < -0.3 is 14.6 Å². The Balaban J connectivity index is 2.12. The van der Waals surface area contributed by atoms with E-state index in [0.717, 1.165) is 0 Å². The molecule has 3 N–H and O–H groups in total. The summed E-state index contributed by atoms with van der Waals surface area (Å²) in [5.41, 5.74) is -0.931. The van der Waals surface area contributed by atoms with Crippen molar-refractivity contribution >= 4 is 33.7 Å². The summed E-state index contributed by atoms with van der Waals surface area (Å²) in [6.45, 7) is 1.42. The van der Waals surface area contributed by atoms with Crippen LogP contribution in [0.2, 0.25) is 0 Å². The molecular formula is C16H17BrN2O6. The van der Waals surface area contributed by atoms with E-state index in [0.29, 0.717) is 21.5 Å². The predicted octanol–water partition coefficient (Wildman–Crippen LogP) is 0.843. The van der Waals surface area contributed by atoms with Crippen molar-refractivity contribution in [1.82, 2.24) is 10.6 Å². The Morgan fingerprint density at radius 1 is 1.24 bits per heavy atom. The Morgan fingerprint density at radius 2 is 1.92 bits per heavy atom. The first-order valence-electron chi connectivity index (χ1n) is 7.51. The van der Waals surface area contributed by atoms with Gasteiger partial charge in [0.25, 0.3) is 0 Å². The molecule has 4 unspecified atom stereocenters. The third kappa shape index (κ3) is 2.49. The largest absolute Gasteiger partial charge is 0.493 e. The number of nitrogens with one attached hydrogen (secondary N) is 2. The number of hydrogen-bond acceptors (Lipinski definition) is 6. The van der Waals surface area contributed by atoms with Crippen LogP contribution in [0.1, 0.15) is 18.5 Å². The van der Waals surface area contributed by atoms with Crippen molar-refractivity contribution in [3.05, 3.63) is 22.2 Å². The highest BCUT2D eigenvalue weighted by Crippen LogP contribution is 2.48. The lowest BCUT2D eigenvalue weighted by atomic mass is 9.80. The minimum atomic E-state index is -1.55. The van der Waals surface area contributed by atoms with Gasteiger partial charge >= 0.3 is 5.97 Å². The molecule has 9 heteroatoms. The number of fused-ring (bicyclic) bond motifs is 1. The van der Waals surface area contributed by atoms with E-state index in [1.165, 1.54) is 21.1 Å². The molecule has 4 atom stereocenters. The average molecular weight is 413 g/mol. The van der Waals surface area contributed by atoms with Crippen molar-refractivity contribution in [1.29, 1.82) is 0 Å². The number of rotatable bonds is 4. The SMILES string of the molecule is COc1cc(C2NC(C)(C(=O)O)C3C(=O)NC(=O)C23)cc(Br)c1OC. The fourth-order valence-electron chi connectivity index (χ4n) is 3.67. The van der Waals surface area contributed by atoms with Gasteiger partial charge in [0.1, 0.15) is 5.54 Å². The van der Waals surface area contributed by atoms with Crippen LogP contribution in [0.4, 0.5) is 0 Å². The summed E-state index contributed by atoms with van der Waals surface area (Å²) in [6.07, 6.45) is 0. The van der Waals surface area contributed by atoms with Crippen molar-refractivity contribution in [3.63, 3.8) is 0 Å². The van der Waals surface area contributed by atoms with Gasteiger partial charge in [-0.25, -0.2) is 0 Å². The van der Waals surface area contributed by atoms with Crippen LogP contribution in [-0.2, 0) is 14.4 Å². The number of halogens is 1. The van der Waals surface area contributed by atoms with Crippen LogP contribution in [-0.4, -0.2) is 42.6 Å². The van der Waals surface area contributed by atoms with Crippen LogP contribution in [0.5, 0.6) is 11.5 Å². The Labute approximate surface area is 152 Å². The van der Waals surface area contributed by atoms with Gasteiger partial charge in [-0.05, 0) is 40.5 Å². The molecule has 0 saturated carbocycles. The topological polar surface area (TPSA) is 114 Å². The molecule has 0 radical (unpaired) electrons. The van der Waals surface area contributed by atoms with Gasteiger partial charge in [-0.3, -0.25) is 25.0 Å². The highest BCUT2D eigenvalue weighted by atomic mass is 79.9. The van der Waals surface area contributed by atoms with Crippen LogP contribution in [0.15, 0.2) is 16.6 Å². The molecule has 0 spiro atoms. The molecule has 0 aliphatic carbocycles. The maximum atomic E-state index is 12.3. The van der Waals surface area contributed by atoms with E-state index in [2.05, 4.69) is 26.6 Å². The molecule has 0 aromatic heterocycles. The fraction of sp³-hybridized carbons (Fsp3) is 0.438. The summed E-state index contributed by atoms with van der Waals surface area (Å²) < 4.78 is 11.2. The molecule has 25 heavy (non-hydrogen) atoms. The normalized spacial score (nSPS) is 30.8. The van der Waals surface area contributed by atoms with Gasteiger partial charge in [0.05, 0.1) is 30.5 Å². The van der Waals surface area contributed by atoms with Crippen molar-refractivity contribution in [3.8, 4) is 11.5 Å². The highest BCUT2D eigenvalue weighted by molar-refractivity contribution is 9.10. The number of carboxylic acid groups (broad SMARTS) is 1. The highest BCUT2D eigenvalue weighted by Gasteiger charge is 2.64. The van der Waals surface area contributed by atoms with Gasteiger partial charge in [0, 0.05) is 6.04 Å². The van der Waals surface area contributed by atoms with Gasteiger partial charge in [0.15, 0.2) is 11.5 Å². The minimum absolute atomic E-state index is 0.430. The zero-order chi connectivity index (χ0) is 18.5. The maximum Gasteiger partial charge on any atom is 0.324 e. The van der Waals surface area contributed by atoms with E-state index in [9.17, 15) is 19.5 Å². The number of amides is 2. The van der Waals surface area contributed by atoms with E-state index >= 15 is 0 Å². The van der Waals surface area contributed by atoms with Crippen LogP contribution in [0, 0.1) is 11.8 Å².